The molecule has 5 nitrogen and oxygen atoms in total. The molecule has 0 bridgehead atoms. The van der Waals surface area contributed by atoms with Crippen LogP contribution in [0.3, 0.4) is 0 Å². The normalized spacial score (nSPS) is 15.6. The lowest BCUT2D eigenvalue weighted by molar-refractivity contribution is 0.306. The first-order valence-electron chi connectivity index (χ1n) is 10.8. The average Bonchev–Trinajstić information content (AvgIpc) is 2.72. The molecule has 2 aromatic carbocycles. The van der Waals surface area contributed by atoms with Gasteiger partial charge in [-0.3, -0.25) is 0 Å². The van der Waals surface area contributed by atoms with E-state index in [0.29, 0.717) is 43.4 Å². The Bertz CT molecular complexity index is 961. The molecule has 3 rings (SSSR count). The molecule has 1 saturated heterocycles. The minimum absolute atomic E-state index is 0.248. The van der Waals surface area contributed by atoms with Gasteiger partial charge in [-0.1, -0.05) is 38.5 Å². The Balaban J connectivity index is 1.86. The van der Waals surface area contributed by atoms with Crippen LogP contribution in [0.25, 0.3) is 0 Å². The molecule has 0 radical (unpaired) electrons. The van der Waals surface area contributed by atoms with E-state index < -0.39 is 10.0 Å². The van der Waals surface area contributed by atoms with E-state index >= 15 is 0 Å². The van der Waals surface area contributed by atoms with Gasteiger partial charge in [0.15, 0.2) is 0 Å². The smallest absolute Gasteiger partial charge is 0.246 e. The van der Waals surface area contributed by atoms with Gasteiger partial charge in [0.2, 0.25) is 10.0 Å². The maximum Gasteiger partial charge on any atom is 0.246 e. The Hall–Kier alpha value is -2.05. The highest BCUT2D eigenvalue weighted by Gasteiger charge is 2.32. The van der Waals surface area contributed by atoms with E-state index in [4.69, 9.17) is 4.74 Å². The molecular weight excluding hydrogens is 396 g/mol. The molecule has 0 amide bonds. The van der Waals surface area contributed by atoms with Crippen LogP contribution < -0.4 is 9.64 Å². The van der Waals surface area contributed by atoms with Crippen LogP contribution in [-0.2, 0) is 10.0 Å². The molecule has 1 heterocycles. The van der Waals surface area contributed by atoms with Crippen molar-refractivity contribution in [2.24, 2.45) is 0 Å². The van der Waals surface area contributed by atoms with Gasteiger partial charge < -0.3 is 9.64 Å². The Morgan fingerprint density at radius 1 is 1.00 bits per heavy atom. The summed E-state index contributed by atoms with van der Waals surface area (Å²) in [6.45, 7) is 13.1. The predicted octanol–water partition coefficient (Wildman–Crippen LogP) is 4.73. The van der Waals surface area contributed by atoms with Crippen molar-refractivity contribution in [3.8, 4) is 5.75 Å². The second kappa shape index (κ2) is 9.40. The minimum Gasteiger partial charge on any atom is -0.492 e. The zero-order chi connectivity index (χ0) is 21.9. The van der Waals surface area contributed by atoms with Crippen LogP contribution in [0.2, 0.25) is 0 Å². The summed E-state index contributed by atoms with van der Waals surface area (Å²) in [5.41, 5.74) is 4.48. The number of benzene rings is 2. The average molecular weight is 431 g/mol. The molecule has 164 valence electrons. The molecule has 2 aromatic rings. The van der Waals surface area contributed by atoms with Gasteiger partial charge in [0.1, 0.15) is 10.6 Å². The fourth-order valence-corrected chi connectivity index (χ4v) is 5.48. The lowest BCUT2D eigenvalue weighted by Gasteiger charge is -2.35. The van der Waals surface area contributed by atoms with Gasteiger partial charge in [-0.2, -0.15) is 4.31 Å². The molecule has 0 spiro atoms. The van der Waals surface area contributed by atoms with Gasteiger partial charge in [0.25, 0.3) is 0 Å². The number of nitrogens with zero attached hydrogens (tertiary/aromatic N) is 2. The summed E-state index contributed by atoms with van der Waals surface area (Å²) in [6.07, 6.45) is 0.833. The maximum atomic E-state index is 13.6. The molecule has 6 heteroatoms. The summed E-state index contributed by atoms with van der Waals surface area (Å²) in [4.78, 5) is 2.54. The number of ether oxygens (including phenoxy) is 1. The highest BCUT2D eigenvalue weighted by Crippen LogP contribution is 2.34. The molecule has 0 N–H and O–H groups in total. The summed E-state index contributed by atoms with van der Waals surface area (Å²) < 4.78 is 34.6. The standard InChI is InChI=1S/C24H34N2O3S/c1-6-15-29-23-16-20(5)22(18(2)3)17-24(23)30(27,28)26-13-11-25(12-14-26)21-9-7-19(4)8-10-21/h7-10,16-18H,6,11-15H2,1-5H3. The number of hydrogen-bond donors (Lipinski definition) is 0. The van der Waals surface area contributed by atoms with Crippen LogP contribution in [0.15, 0.2) is 41.3 Å². The second-order valence-corrected chi connectivity index (χ2v) is 10.3. The highest BCUT2D eigenvalue weighted by molar-refractivity contribution is 7.89. The van der Waals surface area contributed by atoms with E-state index in [2.05, 4.69) is 49.9 Å². The molecule has 0 aliphatic carbocycles. The first kappa shape index (κ1) is 22.6. The molecule has 1 aliphatic heterocycles. The van der Waals surface area contributed by atoms with Crippen molar-refractivity contribution in [2.75, 3.05) is 37.7 Å². The molecule has 1 fully saturated rings. The summed E-state index contributed by atoms with van der Waals surface area (Å²) >= 11 is 0. The second-order valence-electron chi connectivity index (χ2n) is 8.39. The third-order valence-electron chi connectivity index (χ3n) is 5.67. The van der Waals surface area contributed by atoms with Gasteiger partial charge >= 0.3 is 0 Å². The Labute approximate surface area is 181 Å². The van der Waals surface area contributed by atoms with Crippen LogP contribution in [-0.4, -0.2) is 45.5 Å². The quantitative estimate of drug-likeness (QED) is 0.637. The Morgan fingerprint density at radius 2 is 1.63 bits per heavy atom. The molecule has 0 saturated carbocycles. The lowest BCUT2D eigenvalue weighted by atomic mass is 9.98. The fraction of sp³-hybridized carbons (Fsp3) is 0.500. The van der Waals surface area contributed by atoms with Gasteiger partial charge in [0, 0.05) is 31.9 Å². The molecule has 0 unspecified atom stereocenters. The van der Waals surface area contributed by atoms with Crippen molar-refractivity contribution >= 4 is 15.7 Å². The molecule has 1 aliphatic rings. The number of rotatable bonds is 7. The summed E-state index contributed by atoms with van der Waals surface area (Å²) in [7, 11) is -3.63. The van der Waals surface area contributed by atoms with Crippen LogP contribution in [0.5, 0.6) is 5.75 Å². The van der Waals surface area contributed by atoms with Crippen LogP contribution in [0.4, 0.5) is 5.69 Å². The Morgan fingerprint density at radius 3 is 2.20 bits per heavy atom. The van der Waals surface area contributed by atoms with Gasteiger partial charge in [-0.25, -0.2) is 8.42 Å². The number of hydrogen-bond acceptors (Lipinski definition) is 4. The molecule has 0 atom stereocenters. The van der Waals surface area contributed by atoms with Gasteiger partial charge in [0.05, 0.1) is 6.61 Å². The topological polar surface area (TPSA) is 49.9 Å². The third-order valence-corrected chi connectivity index (χ3v) is 7.59. The van der Waals surface area contributed by atoms with Gasteiger partial charge in [-0.15, -0.1) is 0 Å². The zero-order valence-corrected chi connectivity index (χ0v) is 19.6. The van der Waals surface area contributed by atoms with Crippen molar-refractivity contribution in [1.29, 1.82) is 0 Å². The minimum atomic E-state index is -3.63. The fourth-order valence-electron chi connectivity index (χ4n) is 3.91. The summed E-state index contributed by atoms with van der Waals surface area (Å²) in [6, 6.07) is 12.1. The summed E-state index contributed by atoms with van der Waals surface area (Å²) in [5.74, 6) is 0.720. The van der Waals surface area contributed by atoms with E-state index in [9.17, 15) is 8.42 Å². The predicted molar refractivity (Wildman–Crippen MR) is 123 cm³/mol. The molecule has 30 heavy (non-hydrogen) atoms. The summed E-state index contributed by atoms with van der Waals surface area (Å²) in [5, 5.41) is 0. The Kier molecular flexibility index (Phi) is 7.09. The van der Waals surface area contributed by atoms with Crippen molar-refractivity contribution in [3.63, 3.8) is 0 Å². The van der Waals surface area contributed by atoms with E-state index in [1.165, 1.54) is 5.56 Å². The maximum absolute atomic E-state index is 13.6. The van der Waals surface area contributed by atoms with Crippen LogP contribution in [0.1, 0.15) is 49.8 Å². The zero-order valence-electron chi connectivity index (χ0n) is 18.8. The number of anilines is 1. The van der Waals surface area contributed by atoms with Crippen molar-refractivity contribution < 1.29 is 13.2 Å². The van der Waals surface area contributed by atoms with E-state index in [0.717, 1.165) is 23.2 Å². The van der Waals surface area contributed by atoms with Crippen molar-refractivity contribution in [3.05, 3.63) is 53.1 Å². The number of piperazine rings is 1. The van der Waals surface area contributed by atoms with Crippen molar-refractivity contribution in [2.45, 2.75) is 51.9 Å². The van der Waals surface area contributed by atoms with Crippen LogP contribution >= 0.6 is 0 Å². The first-order chi connectivity index (χ1) is 14.2. The molecule has 0 aromatic heterocycles. The van der Waals surface area contributed by atoms with Crippen LogP contribution in [0, 0.1) is 13.8 Å². The third kappa shape index (κ3) is 4.81. The van der Waals surface area contributed by atoms with E-state index in [-0.39, 0.29) is 5.92 Å². The van der Waals surface area contributed by atoms with E-state index in [1.54, 1.807) is 4.31 Å². The first-order valence-corrected chi connectivity index (χ1v) is 12.3. The number of aryl methyl sites for hydroxylation is 2. The largest absolute Gasteiger partial charge is 0.492 e. The lowest BCUT2D eigenvalue weighted by Crippen LogP contribution is -2.48. The monoisotopic (exact) mass is 430 g/mol. The number of sulfonamides is 1. The van der Waals surface area contributed by atoms with Gasteiger partial charge in [-0.05, 0) is 61.6 Å². The van der Waals surface area contributed by atoms with E-state index in [1.807, 2.05) is 26.0 Å². The van der Waals surface area contributed by atoms with Crippen molar-refractivity contribution in [1.82, 2.24) is 4.31 Å². The SMILES string of the molecule is CCCOc1cc(C)c(C(C)C)cc1S(=O)(=O)N1CCN(c2ccc(C)cc2)CC1. The molecular formula is C24H34N2O3S. The highest BCUT2D eigenvalue weighted by atomic mass is 32.2.